The summed E-state index contributed by atoms with van der Waals surface area (Å²) in [6, 6.07) is 0. The SMILES string of the molecule is COCC1(CCCO)CCCN1. The molecule has 3 nitrogen and oxygen atoms in total. The zero-order valence-corrected chi connectivity index (χ0v) is 7.81. The molecule has 0 aromatic heterocycles. The van der Waals surface area contributed by atoms with Crippen LogP contribution in [-0.4, -0.2) is 37.5 Å². The first kappa shape index (κ1) is 9.96. The third-order valence-electron chi connectivity index (χ3n) is 2.57. The summed E-state index contributed by atoms with van der Waals surface area (Å²) in [4.78, 5) is 0. The second-order valence-electron chi connectivity index (χ2n) is 3.57. The molecule has 0 aliphatic carbocycles. The van der Waals surface area contributed by atoms with Crippen molar-refractivity contribution in [2.24, 2.45) is 0 Å². The highest BCUT2D eigenvalue weighted by atomic mass is 16.5. The van der Waals surface area contributed by atoms with Crippen LogP contribution in [0, 0.1) is 0 Å². The van der Waals surface area contributed by atoms with Gasteiger partial charge in [-0.3, -0.25) is 0 Å². The summed E-state index contributed by atoms with van der Waals surface area (Å²) in [6.07, 6.45) is 4.31. The largest absolute Gasteiger partial charge is 0.396 e. The molecule has 1 rings (SSSR count). The van der Waals surface area contributed by atoms with Gasteiger partial charge in [-0.05, 0) is 32.2 Å². The molecule has 0 bridgehead atoms. The Kier molecular flexibility index (Phi) is 3.98. The molecular formula is C9H19NO2. The summed E-state index contributed by atoms with van der Waals surface area (Å²) in [5.74, 6) is 0. The van der Waals surface area contributed by atoms with E-state index >= 15 is 0 Å². The standard InChI is InChI=1S/C9H19NO2/c1-12-8-9(5-3-7-11)4-2-6-10-9/h10-11H,2-8H2,1H3. The number of hydrogen-bond acceptors (Lipinski definition) is 3. The van der Waals surface area contributed by atoms with E-state index in [0.29, 0.717) is 0 Å². The van der Waals surface area contributed by atoms with Crippen LogP contribution in [0.5, 0.6) is 0 Å². The van der Waals surface area contributed by atoms with Gasteiger partial charge in [0.1, 0.15) is 0 Å². The Morgan fingerprint density at radius 2 is 2.42 bits per heavy atom. The number of ether oxygens (including phenoxy) is 1. The second-order valence-corrected chi connectivity index (χ2v) is 3.57. The summed E-state index contributed by atoms with van der Waals surface area (Å²) < 4.78 is 5.18. The number of methoxy groups -OCH3 is 1. The Morgan fingerprint density at radius 3 is 2.92 bits per heavy atom. The number of aliphatic hydroxyl groups is 1. The molecule has 72 valence electrons. The fourth-order valence-electron chi connectivity index (χ4n) is 1.97. The lowest BCUT2D eigenvalue weighted by Gasteiger charge is -2.28. The molecule has 1 heterocycles. The van der Waals surface area contributed by atoms with Crippen LogP contribution in [0.3, 0.4) is 0 Å². The van der Waals surface area contributed by atoms with Gasteiger partial charge < -0.3 is 15.2 Å². The van der Waals surface area contributed by atoms with Gasteiger partial charge in [-0.2, -0.15) is 0 Å². The van der Waals surface area contributed by atoms with Crippen LogP contribution in [0.15, 0.2) is 0 Å². The Bertz CT molecular complexity index is 122. The van der Waals surface area contributed by atoms with E-state index in [4.69, 9.17) is 9.84 Å². The van der Waals surface area contributed by atoms with Crippen LogP contribution in [0.25, 0.3) is 0 Å². The minimum Gasteiger partial charge on any atom is -0.396 e. The topological polar surface area (TPSA) is 41.5 Å². The summed E-state index contributed by atoms with van der Waals surface area (Å²) in [5, 5.41) is 12.2. The molecule has 3 heteroatoms. The Labute approximate surface area is 74.1 Å². The molecule has 0 amide bonds. The van der Waals surface area contributed by atoms with E-state index in [1.165, 1.54) is 12.8 Å². The lowest BCUT2D eigenvalue weighted by atomic mass is 9.93. The maximum Gasteiger partial charge on any atom is 0.0644 e. The predicted molar refractivity (Wildman–Crippen MR) is 48.2 cm³/mol. The summed E-state index contributed by atoms with van der Waals surface area (Å²) in [5.41, 5.74) is 0.164. The summed E-state index contributed by atoms with van der Waals surface area (Å²) in [7, 11) is 1.74. The molecule has 0 aromatic carbocycles. The molecule has 1 aliphatic rings. The molecule has 12 heavy (non-hydrogen) atoms. The third kappa shape index (κ3) is 2.44. The summed E-state index contributed by atoms with van der Waals surface area (Å²) in [6.45, 7) is 2.15. The van der Waals surface area contributed by atoms with Gasteiger partial charge >= 0.3 is 0 Å². The van der Waals surface area contributed by atoms with Gasteiger partial charge in [-0.1, -0.05) is 0 Å². The highest BCUT2D eigenvalue weighted by Crippen LogP contribution is 2.24. The van der Waals surface area contributed by atoms with E-state index in [0.717, 1.165) is 26.0 Å². The average molecular weight is 173 g/mol. The highest BCUT2D eigenvalue weighted by Gasteiger charge is 2.32. The van der Waals surface area contributed by atoms with Crippen LogP contribution in [0.1, 0.15) is 25.7 Å². The molecule has 1 saturated heterocycles. The Hall–Kier alpha value is -0.120. The number of hydrogen-bond donors (Lipinski definition) is 2. The quantitative estimate of drug-likeness (QED) is 0.637. The zero-order chi connectivity index (χ0) is 8.86. The van der Waals surface area contributed by atoms with E-state index in [-0.39, 0.29) is 12.1 Å². The molecule has 1 unspecified atom stereocenters. The first-order valence-electron chi connectivity index (χ1n) is 4.68. The fraction of sp³-hybridized carbons (Fsp3) is 1.00. The maximum atomic E-state index is 8.74. The minimum absolute atomic E-state index is 0.164. The van der Waals surface area contributed by atoms with E-state index in [9.17, 15) is 0 Å². The van der Waals surface area contributed by atoms with Crippen LogP contribution >= 0.6 is 0 Å². The minimum atomic E-state index is 0.164. The van der Waals surface area contributed by atoms with E-state index in [2.05, 4.69) is 5.32 Å². The van der Waals surface area contributed by atoms with Crippen molar-refractivity contribution in [1.82, 2.24) is 5.32 Å². The fourth-order valence-corrected chi connectivity index (χ4v) is 1.97. The molecule has 1 atom stereocenters. The van der Waals surface area contributed by atoms with Gasteiger partial charge in [0.2, 0.25) is 0 Å². The number of rotatable bonds is 5. The van der Waals surface area contributed by atoms with Gasteiger partial charge in [0.25, 0.3) is 0 Å². The van der Waals surface area contributed by atoms with E-state index in [1.54, 1.807) is 7.11 Å². The van der Waals surface area contributed by atoms with Crippen LogP contribution in [0.2, 0.25) is 0 Å². The maximum absolute atomic E-state index is 8.74. The van der Waals surface area contributed by atoms with Crippen molar-refractivity contribution in [3.8, 4) is 0 Å². The van der Waals surface area contributed by atoms with E-state index < -0.39 is 0 Å². The lowest BCUT2D eigenvalue weighted by Crippen LogP contribution is -2.44. The molecule has 1 fully saturated rings. The Balaban J connectivity index is 2.35. The molecule has 1 aliphatic heterocycles. The first-order chi connectivity index (χ1) is 5.83. The van der Waals surface area contributed by atoms with Crippen LogP contribution < -0.4 is 5.32 Å². The van der Waals surface area contributed by atoms with Crippen molar-refractivity contribution < 1.29 is 9.84 Å². The van der Waals surface area contributed by atoms with Crippen molar-refractivity contribution in [2.75, 3.05) is 26.9 Å². The van der Waals surface area contributed by atoms with Crippen LogP contribution in [0.4, 0.5) is 0 Å². The van der Waals surface area contributed by atoms with Gasteiger partial charge in [0, 0.05) is 19.3 Å². The van der Waals surface area contributed by atoms with Gasteiger partial charge in [-0.25, -0.2) is 0 Å². The Morgan fingerprint density at radius 1 is 1.58 bits per heavy atom. The molecule has 0 radical (unpaired) electrons. The van der Waals surface area contributed by atoms with Crippen molar-refractivity contribution in [3.63, 3.8) is 0 Å². The van der Waals surface area contributed by atoms with Gasteiger partial charge in [0.15, 0.2) is 0 Å². The molecule has 0 saturated carbocycles. The average Bonchev–Trinajstić information content (AvgIpc) is 2.51. The normalized spacial score (nSPS) is 29.5. The zero-order valence-electron chi connectivity index (χ0n) is 7.81. The van der Waals surface area contributed by atoms with Gasteiger partial charge in [0.05, 0.1) is 6.61 Å². The lowest BCUT2D eigenvalue weighted by molar-refractivity contribution is 0.108. The molecule has 0 aromatic rings. The van der Waals surface area contributed by atoms with Crippen LogP contribution in [-0.2, 0) is 4.74 Å². The third-order valence-corrected chi connectivity index (χ3v) is 2.57. The smallest absolute Gasteiger partial charge is 0.0644 e. The highest BCUT2D eigenvalue weighted by molar-refractivity contribution is 4.92. The molecule has 2 N–H and O–H groups in total. The number of nitrogens with one attached hydrogen (secondary N) is 1. The van der Waals surface area contributed by atoms with Crippen molar-refractivity contribution >= 4 is 0 Å². The monoisotopic (exact) mass is 173 g/mol. The first-order valence-corrected chi connectivity index (χ1v) is 4.68. The summed E-state index contributed by atoms with van der Waals surface area (Å²) >= 11 is 0. The van der Waals surface area contributed by atoms with Crippen molar-refractivity contribution in [1.29, 1.82) is 0 Å². The second kappa shape index (κ2) is 4.80. The predicted octanol–water partition coefficient (Wildman–Crippen LogP) is 0.528. The van der Waals surface area contributed by atoms with Crippen molar-refractivity contribution in [3.05, 3.63) is 0 Å². The van der Waals surface area contributed by atoms with Gasteiger partial charge in [-0.15, -0.1) is 0 Å². The molecular weight excluding hydrogens is 154 g/mol. The number of aliphatic hydroxyl groups excluding tert-OH is 1. The molecule has 0 spiro atoms. The van der Waals surface area contributed by atoms with E-state index in [1.807, 2.05) is 0 Å². The van der Waals surface area contributed by atoms with Crippen molar-refractivity contribution in [2.45, 2.75) is 31.2 Å².